The van der Waals surface area contributed by atoms with Gasteiger partial charge in [0.05, 0.1) is 12.1 Å². The lowest BCUT2D eigenvalue weighted by Crippen LogP contribution is -2.33. The van der Waals surface area contributed by atoms with Crippen LogP contribution < -0.4 is 4.74 Å². The fourth-order valence-electron chi connectivity index (χ4n) is 2.24. The van der Waals surface area contributed by atoms with E-state index in [9.17, 15) is 4.79 Å². The van der Waals surface area contributed by atoms with Crippen molar-refractivity contribution in [1.82, 2.24) is 9.88 Å². The van der Waals surface area contributed by atoms with Crippen LogP contribution in [0.4, 0.5) is 0 Å². The zero-order valence-electron chi connectivity index (χ0n) is 14.5. The smallest absolute Gasteiger partial charge is 0.228 e. The van der Waals surface area contributed by atoms with E-state index in [-0.39, 0.29) is 5.91 Å². The Morgan fingerprint density at radius 1 is 1.33 bits per heavy atom. The highest BCUT2D eigenvalue weighted by Gasteiger charge is 2.14. The van der Waals surface area contributed by atoms with Gasteiger partial charge in [-0.25, -0.2) is 4.98 Å². The van der Waals surface area contributed by atoms with E-state index in [1.54, 1.807) is 4.90 Å². The Hall–Kier alpha value is -2.14. The molecule has 1 aromatic carbocycles. The topological polar surface area (TPSA) is 42.4 Å². The first-order valence-corrected chi connectivity index (χ1v) is 8.90. The molecule has 1 heterocycles. The summed E-state index contributed by atoms with van der Waals surface area (Å²) in [4.78, 5) is 18.6. The molecule has 1 amide bonds. The van der Waals surface area contributed by atoms with Crippen LogP contribution in [0.3, 0.4) is 0 Å². The lowest BCUT2D eigenvalue weighted by atomic mass is 10.2. The van der Waals surface area contributed by atoms with E-state index in [2.05, 4.69) is 11.6 Å². The number of hydrogen-bond acceptors (Lipinski definition) is 4. The molecule has 0 bridgehead atoms. The Balaban J connectivity index is 1.89. The number of amides is 1. The summed E-state index contributed by atoms with van der Waals surface area (Å²) >= 11 is 1.52. The van der Waals surface area contributed by atoms with Gasteiger partial charge in [0.15, 0.2) is 0 Å². The number of thiazole rings is 1. The van der Waals surface area contributed by atoms with Crippen LogP contribution in [0.2, 0.25) is 0 Å². The van der Waals surface area contributed by atoms with Gasteiger partial charge >= 0.3 is 0 Å². The highest BCUT2D eigenvalue weighted by molar-refractivity contribution is 7.09. The maximum Gasteiger partial charge on any atom is 0.228 e. The van der Waals surface area contributed by atoms with E-state index in [0.29, 0.717) is 26.1 Å². The van der Waals surface area contributed by atoms with Crippen molar-refractivity contribution in [3.63, 3.8) is 0 Å². The second-order valence-corrected chi connectivity index (χ2v) is 6.82. The van der Waals surface area contributed by atoms with Crippen molar-refractivity contribution in [3.05, 3.63) is 58.1 Å². The average Bonchev–Trinajstić information content (AvgIpc) is 2.99. The van der Waals surface area contributed by atoms with Gasteiger partial charge in [0, 0.05) is 18.5 Å². The highest BCUT2D eigenvalue weighted by atomic mass is 32.1. The molecule has 2 aromatic rings. The summed E-state index contributed by atoms with van der Waals surface area (Å²) in [6.45, 7) is 11.5. The summed E-state index contributed by atoms with van der Waals surface area (Å²) in [7, 11) is 0. The molecule has 0 atom stereocenters. The quantitative estimate of drug-likeness (QED) is 0.680. The fourth-order valence-corrected chi connectivity index (χ4v) is 2.95. The molecule has 24 heavy (non-hydrogen) atoms. The molecular formula is C19H24N2O2S. The molecule has 0 aliphatic heterocycles. The summed E-state index contributed by atoms with van der Waals surface area (Å²) in [5, 5.41) is 2.81. The number of ether oxygens (including phenoxy) is 1. The van der Waals surface area contributed by atoms with Crippen LogP contribution in [0.1, 0.15) is 30.1 Å². The lowest BCUT2D eigenvalue weighted by Gasteiger charge is -2.20. The number of hydrogen-bond donors (Lipinski definition) is 0. The van der Waals surface area contributed by atoms with Crippen molar-refractivity contribution in [2.45, 2.75) is 33.8 Å². The first-order chi connectivity index (χ1) is 11.5. The summed E-state index contributed by atoms with van der Waals surface area (Å²) in [5.41, 5.74) is 2.98. The first-order valence-electron chi connectivity index (χ1n) is 8.02. The molecule has 2 rings (SSSR count). The Labute approximate surface area is 147 Å². The normalized spacial score (nSPS) is 10.5. The van der Waals surface area contributed by atoms with Crippen molar-refractivity contribution in [2.24, 2.45) is 0 Å². The summed E-state index contributed by atoms with van der Waals surface area (Å²) < 4.78 is 5.73. The minimum Gasteiger partial charge on any atom is -0.486 e. The maximum atomic E-state index is 12.3. The van der Waals surface area contributed by atoms with E-state index in [4.69, 9.17) is 4.74 Å². The standard InChI is InChI=1S/C19H24N2O2S/c1-5-21(11-14(2)3)19(22)10-16-13-24-18(20-16)12-23-17-8-6-15(4)7-9-17/h6-9,13H,2,5,10-12H2,1,3-4H3. The van der Waals surface area contributed by atoms with Gasteiger partial charge < -0.3 is 9.64 Å². The van der Waals surface area contributed by atoms with Gasteiger partial charge in [-0.05, 0) is 32.9 Å². The Morgan fingerprint density at radius 2 is 2.04 bits per heavy atom. The fraction of sp³-hybridized carbons (Fsp3) is 0.368. The molecule has 0 spiro atoms. The Morgan fingerprint density at radius 3 is 2.67 bits per heavy atom. The van der Waals surface area contributed by atoms with Gasteiger partial charge in [-0.1, -0.05) is 29.8 Å². The van der Waals surface area contributed by atoms with Crippen LogP contribution in [0.15, 0.2) is 41.8 Å². The minimum atomic E-state index is 0.0804. The number of aryl methyl sites for hydroxylation is 1. The molecule has 128 valence electrons. The average molecular weight is 344 g/mol. The number of aromatic nitrogens is 1. The zero-order chi connectivity index (χ0) is 17.5. The second-order valence-electron chi connectivity index (χ2n) is 5.88. The van der Waals surface area contributed by atoms with E-state index >= 15 is 0 Å². The predicted molar refractivity (Wildman–Crippen MR) is 98.4 cm³/mol. The van der Waals surface area contributed by atoms with Crippen molar-refractivity contribution < 1.29 is 9.53 Å². The van der Waals surface area contributed by atoms with Gasteiger partial charge in [0.2, 0.25) is 5.91 Å². The molecule has 0 N–H and O–H groups in total. The molecule has 0 saturated carbocycles. The van der Waals surface area contributed by atoms with Gasteiger partial charge in [0.1, 0.15) is 17.4 Å². The molecule has 0 fully saturated rings. The number of rotatable bonds is 8. The number of carbonyl (C=O) groups is 1. The molecule has 1 aromatic heterocycles. The van der Waals surface area contributed by atoms with Crippen LogP contribution in [-0.2, 0) is 17.8 Å². The van der Waals surface area contributed by atoms with Crippen LogP contribution in [0.25, 0.3) is 0 Å². The molecule has 0 aliphatic rings. The van der Waals surface area contributed by atoms with Gasteiger partial charge in [-0.3, -0.25) is 4.79 Å². The van der Waals surface area contributed by atoms with Crippen molar-refractivity contribution in [3.8, 4) is 5.75 Å². The first kappa shape index (κ1) is 18.2. The van der Waals surface area contributed by atoms with Gasteiger partial charge in [-0.2, -0.15) is 0 Å². The molecule has 0 aliphatic carbocycles. The third-order valence-electron chi connectivity index (χ3n) is 3.51. The van der Waals surface area contributed by atoms with E-state index in [1.807, 2.05) is 50.4 Å². The molecule has 0 saturated heterocycles. The molecule has 4 nitrogen and oxygen atoms in total. The summed E-state index contributed by atoms with van der Waals surface area (Å²) in [5.74, 6) is 0.906. The van der Waals surface area contributed by atoms with Crippen molar-refractivity contribution >= 4 is 17.2 Å². The number of nitrogens with zero attached hydrogens (tertiary/aromatic N) is 2. The SMILES string of the molecule is C=C(C)CN(CC)C(=O)Cc1csc(COc2ccc(C)cc2)n1. The molecule has 5 heteroatoms. The van der Waals surface area contributed by atoms with Crippen LogP contribution >= 0.6 is 11.3 Å². The van der Waals surface area contributed by atoms with Gasteiger partial charge in [-0.15, -0.1) is 11.3 Å². The lowest BCUT2D eigenvalue weighted by molar-refractivity contribution is -0.129. The monoisotopic (exact) mass is 344 g/mol. The van der Waals surface area contributed by atoms with Crippen LogP contribution in [0, 0.1) is 6.92 Å². The number of carbonyl (C=O) groups excluding carboxylic acids is 1. The van der Waals surface area contributed by atoms with Crippen LogP contribution in [-0.4, -0.2) is 28.9 Å². The van der Waals surface area contributed by atoms with Crippen LogP contribution in [0.5, 0.6) is 5.75 Å². The summed E-state index contributed by atoms with van der Waals surface area (Å²) in [6.07, 6.45) is 0.322. The largest absolute Gasteiger partial charge is 0.486 e. The number of likely N-dealkylation sites (N-methyl/N-ethyl adjacent to an activating group) is 1. The number of benzene rings is 1. The van der Waals surface area contributed by atoms with Crippen molar-refractivity contribution in [2.75, 3.05) is 13.1 Å². The minimum absolute atomic E-state index is 0.0804. The van der Waals surface area contributed by atoms with E-state index in [0.717, 1.165) is 22.0 Å². The summed E-state index contributed by atoms with van der Waals surface area (Å²) in [6, 6.07) is 7.93. The van der Waals surface area contributed by atoms with Gasteiger partial charge in [0.25, 0.3) is 0 Å². The zero-order valence-corrected chi connectivity index (χ0v) is 15.4. The van der Waals surface area contributed by atoms with E-state index < -0.39 is 0 Å². The Kier molecular flexibility index (Phi) is 6.55. The molecular weight excluding hydrogens is 320 g/mol. The predicted octanol–water partition coefficient (Wildman–Crippen LogP) is 4.00. The molecule has 0 radical (unpaired) electrons. The third kappa shape index (κ3) is 5.49. The van der Waals surface area contributed by atoms with Crippen molar-refractivity contribution in [1.29, 1.82) is 0 Å². The maximum absolute atomic E-state index is 12.3. The second kappa shape index (κ2) is 8.64. The van der Waals surface area contributed by atoms with E-state index in [1.165, 1.54) is 16.9 Å². The highest BCUT2D eigenvalue weighted by Crippen LogP contribution is 2.16. The molecule has 0 unspecified atom stereocenters. The third-order valence-corrected chi connectivity index (χ3v) is 4.38. The Bertz CT molecular complexity index is 692.